The number of carboxylic acids is 1. The number of carbonyl (C=O) groups excluding carboxylic acids is 1. The summed E-state index contributed by atoms with van der Waals surface area (Å²) in [6.07, 6.45) is 1.44. The fraction of sp³-hybridized carbons (Fsp3) is 0.150. The molecule has 0 saturated heterocycles. The van der Waals surface area contributed by atoms with Crippen LogP contribution in [0.25, 0.3) is 11.0 Å². The number of hydrogen-bond acceptors (Lipinski definition) is 6. The van der Waals surface area contributed by atoms with Crippen molar-refractivity contribution >= 4 is 45.0 Å². The van der Waals surface area contributed by atoms with E-state index in [9.17, 15) is 9.59 Å². The monoisotopic (exact) mass is 460 g/mol. The van der Waals surface area contributed by atoms with Gasteiger partial charge in [-0.15, -0.1) is 0 Å². The normalized spacial score (nSPS) is 11.0. The van der Waals surface area contributed by atoms with Crippen molar-refractivity contribution in [1.82, 2.24) is 5.43 Å². The highest BCUT2D eigenvalue weighted by Crippen LogP contribution is 2.26. The second-order valence-electron chi connectivity index (χ2n) is 5.81. The van der Waals surface area contributed by atoms with E-state index in [4.69, 9.17) is 19.0 Å². The molecule has 1 aromatic heterocycles. The van der Waals surface area contributed by atoms with E-state index in [1.807, 2.05) is 6.92 Å². The first kappa shape index (κ1) is 20.4. The molecular formula is C20H17BrN2O6. The molecule has 150 valence electrons. The van der Waals surface area contributed by atoms with Crippen LogP contribution in [-0.2, 0) is 4.79 Å². The number of halogens is 1. The molecule has 0 saturated carbocycles. The summed E-state index contributed by atoms with van der Waals surface area (Å²) < 4.78 is 16.7. The molecular weight excluding hydrogens is 444 g/mol. The molecule has 0 aliphatic rings. The topological polar surface area (TPSA) is 110 Å². The fourth-order valence-electron chi connectivity index (χ4n) is 2.46. The van der Waals surface area contributed by atoms with E-state index in [0.717, 1.165) is 5.39 Å². The quantitative estimate of drug-likeness (QED) is 0.390. The third-order valence-corrected chi connectivity index (χ3v) is 4.33. The minimum atomic E-state index is -1.06. The van der Waals surface area contributed by atoms with Crippen molar-refractivity contribution in [1.29, 1.82) is 0 Å². The van der Waals surface area contributed by atoms with Gasteiger partial charge in [0.2, 0.25) is 0 Å². The fourth-order valence-corrected chi connectivity index (χ4v) is 2.98. The van der Waals surface area contributed by atoms with E-state index in [-0.39, 0.29) is 5.76 Å². The van der Waals surface area contributed by atoms with Gasteiger partial charge in [-0.1, -0.05) is 0 Å². The Kier molecular flexibility index (Phi) is 6.50. The van der Waals surface area contributed by atoms with Gasteiger partial charge < -0.3 is 19.0 Å². The number of carboxylic acid groups (broad SMARTS) is 1. The maximum absolute atomic E-state index is 12.3. The Bertz CT molecular complexity index is 1080. The number of fused-ring (bicyclic) bond motifs is 1. The van der Waals surface area contributed by atoms with Gasteiger partial charge in [0.1, 0.15) is 17.1 Å². The number of nitrogens with zero attached hydrogens (tertiary/aromatic N) is 1. The van der Waals surface area contributed by atoms with Gasteiger partial charge in [-0.3, -0.25) is 4.79 Å². The van der Waals surface area contributed by atoms with Crippen LogP contribution in [0.1, 0.15) is 23.0 Å². The minimum absolute atomic E-state index is 0.129. The highest BCUT2D eigenvalue weighted by Gasteiger charge is 2.12. The van der Waals surface area contributed by atoms with Gasteiger partial charge in [-0.25, -0.2) is 10.2 Å². The molecule has 0 aliphatic heterocycles. The molecule has 0 radical (unpaired) electrons. The number of ether oxygens (including phenoxy) is 2. The molecule has 2 aromatic carbocycles. The van der Waals surface area contributed by atoms with Gasteiger partial charge in [0, 0.05) is 5.39 Å². The van der Waals surface area contributed by atoms with E-state index in [0.29, 0.717) is 33.7 Å². The lowest BCUT2D eigenvalue weighted by Gasteiger charge is -2.06. The minimum Gasteiger partial charge on any atom is -0.494 e. The molecule has 0 unspecified atom stereocenters. The molecule has 1 amide bonds. The van der Waals surface area contributed by atoms with Crippen LogP contribution in [0.5, 0.6) is 11.5 Å². The van der Waals surface area contributed by atoms with Gasteiger partial charge in [-0.05, 0) is 70.9 Å². The Morgan fingerprint density at radius 2 is 2.03 bits per heavy atom. The van der Waals surface area contributed by atoms with Crippen LogP contribution < -0.4 is 14.9 Å². The Morgan fingerprint density at radius 3 is 2.76 bits per heavy atom. The van der Waals surface area contributed by atoms with Gasteiger partial charge in [0.15, 0.2) is 12.4 Å². The number of hydrogen-bond donors (Lipinski definition) is 2. The number of aliphatic carboxylic acids is 1. The predicted molar refractivity (Wildman–Crippen MR) is 110 cm³/mol. The molecule has 3 rings (SSSR count). The molecule has 1 heterocycles. The highest BCUT2D eigenvalue weighted by atomic mass is 79.9. The zero-order valence-electron chi connectivity index (χ0n) is 15.3. The lowest BCUT2D eigenvalue weighted by Crippen LogP contribution is -2.16. The van der Waals surface area contributed by atoms with Crippen LogP contribution in [-0.4, -0.2) is 36.4 Å². The van der Waals surface area contributed by atoms with Gasteiger partial charge in [0.05, 0.1) is 17.3 Å². The zero-order valence-corrected chi connectivity index (χ0v) is 16.9. The molecule has 3 aromatic rings. The first-order valence-electron chi connectivity index (χ1n) is 8.60. The van der Waals surface area contributed by atoms with Crippen molar-refractivity contribution in [3.8, 4) is 11.5 Å². The third kappa shape index (κ3) is 5.35. The molecule has 0 fully saturated rings. The first-order chi connectivity index (χ1) is 14.0. The standard InChI is InChI=1S/C20H17BrN2O6/c1-2-27-14-4-6-16-13(8-14)9-18(29-16)20(26)23-22-10-12-3-5-17(15(21)7-12)28-11-19(24)25/h3-10H,2,11H2,1H3,(H,23,26)(H,24,25)/b22-10+. The largest absolute Gasteiger partial charge is 0.494 e. The van der Waals surface area contributed by atoms with E-state index in [1.165, 1.54) is 6.21 Å². The second-order valence-corrected chi connectivity index (χ2v) is 6.67. The van der Waals surface area contributed by atoms with E-state index in [1.54, 1.807) is 42.5 Å². The van der Waals surface area contributed by atoms with E-state index in [2.05, 4.69) is 26.5 Å². The van der Waals surface area contributed by atoms with Crippen molar-refractivity contribution in [2.45, 2.75) is 6.92 Å². The zero-order chi connectivity index (χ0) is 20.8. The summed E-state index contributed by atoms with van der Waals surface area (Å²) in [5.41, 5.74) is 3.65. The van der Waals surface area contributed by atoms with Crippen LogP contribution in [0.15, 0.2) is 56.5 Å². The van der Waals surface area contributed by atoms with Gasteiger partial charge in [-0.2, -0.15) is 5.10 Å². The average Bonchev–Trinajstić information content (AvgIpc) is 3.11. The summed E-state index contributed by atoms with van der Waals surface area (Å²) in [4.78, 5) is 22.8. The molecule has 0 spiro atoms. The van der Waals surface area contributed by atoms with Crippen LogP contribution in [0.3, 0.4) is 0 Å². The number of furan rings is 1. The predicted octanol–water partition coefficient (Wildman–Crippen LogP) is 3.82. The molecule has 8 nitrogen and oxygen atoms in total. The number of rotatable bonds is 8. The summed E-state index contributed by atoms with van der Waals surface area (Å²) in [6, 6.07) is 11.9. The second kappa shape index (κ2) is 9.24. The van der Waals surface area contributed by atoms with Crippen molar-refractivity contribution in [2.75, 3.05) is 13.2 Å². The Hall–Kier alpha value is -3.33. The SMILES string of the molecule is CCOc1ccc2oc(C(=O)N/N=C/c3ccc(OCC(=O)O)c(Br)c3)cc2c1. The third-order valence-electron chi connectivity index (χ3n) is 3.71. The Balaban J connectivity index is 1.64. The molecule has 29 heavy (non-hydrogen) atoms. The summed E-state index contributed by atoms with van der Waals surface area (Å²) in [5.74, 6) is -0.334. The highest BCUT2D eigenvalue weighted by molar-refractivity contribution is 9.10. The number of hydrazone groups is 1. The molecule has 0 atom stereocenters. The molecule has 2 N–H and O–H groups in total. The summed E-state index contributed by atoms with van der Waals surface area (Å²) >= 11 is 3.30. The Morgan fingerprint density at radius 1 is 1.21 bits per heavy atom. The van der Waals surface area contributed by atoms with E-state index >= 15 is 0 Å². The first-order valence-corrected chi connectivity index (χ1v) is 9.39. The summed E-state index contributed by atoms with van der Waals surface area (Å²) in [7, 11) is 0. The lowest BCUT2D eigenvalue weighted by atomic mass is 10.2. The number of benzene rings is 2. The van der Waals surface area contributed by atoms with Crippen molar-refractivity contribution < 1.29 is 28.6 Å². The number of nitrogens with one attached hydrogen (secondary N) is 1. The molecule has 9 heteroatoms. The van der Waals surface area contributed by atoms with Crippen molar-refractivity contribution in [3.63, 3.8) is 0 Å². The molecule has 0 aliphatic carbocycles. The van der Waals surface area contributed by atoms with Crippen molar-refractivity contribution in [2.24, 2.45) is 5.10 Å². The van der Waals surface area contributed by atoms with Crippen molar-refractivity contribution in [3.05, 3.63) is 58.3 Å². The lowest BCUT2D eigenvalue weighted by molar-refractivity contribution is -0.139. The average molecular weight is 461 g/mol. The van der Waals surface area contributed by atoms with Gasteiger partial charge in [0.25, 0.3) is 0 Å². The van der Waals surface area contributed by atoms with E-state index < -0.39 is 18.5 Å². The Labute approximate surface area is 174 Å². The van der Waals surface area contributed by atoms with Crippen LogP contribution in [0, 0.1) is 0 Å². The maximum Gasteiger partial charge on any atom is 0.341 e. The maximum atomic E-state index is 12.3. The number of carbonyl (C=O) groups is 2. The van der Waals surface area contributed by atoms with Gasteiger partial charge >= 0.3 is 11.9 Å². The number of amides is 1. The summed E-state index contributed by atoms with van der Waals surface area (Å²) in [6.45, 7) is 2.01. The van der Waals surface area contributed by atoms with Crippen LogP contribution in [0.4, 0.5) is 0 Å². The summed E-state index contributed by atoms with van der Waals surface area (Å²) in [5, 5.41) is 13.3. The smallest absolute Gasteiger partial charge is 0.341 e. The molecule has 0 bridgehead atoms. The van der Waals surface area contributed by atoms with Crippen LogP contribution in [0.2, 0.25) is 0 Å². The van der Waals surface area contributed by atoms with Crippen LogP contribution >= 0.6 is 15.9 Å².